The van der Waals surface area contributed by atoms with Gasteiger partial charge in [0.25, 0.3) is 0 Å². The number of rotatable bonds is 5. The van der Waals surface area contributed by atoms with Crippen molar-refractivity contribution in [1.82, 2.24) is 15.1 Å². The zero-order valence-corrected chi connectivity index (χ0v) is 10.7. The summed E-state index contributed by atoms with van der Waals surface area (Å²) in [6, 6.07) is 2.15. The molecule has 3 unspecified atom stereocenters. The van der Waals surface area contributed by atoms with E-state index in [2.05, 4.69) is 28.1 Å². The van der Waals surface area contributed by atoms with Gasteiger partial charge >= 0.3 is 0 Å². The van der Waals surface area contributed by atoms with Crippen molar-refractivity contribution < 1.29 is 0 Å². The molecule has 94 valence electrons. The van der Waals surface area contributed by atoms with Crippen LogP contribution < -0.4 is 5.32 Å². The number of hydrogen-bond donors (Lipinski definition) is 1. The van der Waals surface area contributed by atoms with Crippen LogP contribution in [0.15, 0.2) is 12.3 Å². The van der Waals surface area contributed by atoms with Crippen LogP contribution in [0.2, 0.25) is 0 Å². The summed E-state index contributed by atoms with van der Waals surface area (Å²) in [6.07, 6.45) is 7.85. The zero-order valence-electron chi connectivity index (χ0n) is 10.7. The molecule has 1 aromatic heterocycles. The minimum Gasteiger partial charge on any atom is -0.311 e. The molecular weight excluding hydrogens is 210 g/mol. The zero-order chi connectivity index (χ0) is 11.7. The first-order chi connectivity index (χ1) is 8.36. The second-order valence-corrected chi connectivity index (χ2v) is 5.72. The summed E-state index contributed by atoms with van der Waals surface area (Å²) in [6.45, 7) is 5.28. The highest BCUT2D eigenvalue weighted by Gasteiger charge is 2.39. The van der Waals surface area contributed by atoms with Gasteiger partial charge in [0, 0.05) is 19.3 Å². The first-order valence-corrected chi connectivity index (χ1v) is 7.08. The molecule has 0 amide bonds. The predicted octanol–water partition coefficient (Wildman–Crippen LogP) is 2.43. The Morgan fingerprint density at radius 3 is 3.06 bits per heavy atom. The minimum absolute atomic E-state index is 0.897. The van der Waals surface area contributed by atoms with Crippen LogP contribution in [0.1, 0.15) is 38.3 Å². The molecule has 2 aliphatic rings. The van der Waals surface area contributed by atoms with E-state index in [0.29, 0.717) is 0 Å². The molecule has 1 aromatic rings. The van der Waals surface area contributed by atoms with Crippen molar-refractivity contribution in [3.8, 4) is 0 Å². The van der Waals surface area contributed by atoms with Gasteiger partial charge in [-0.1, -0.05) is 13.3 Å². The maximum Gasteiger partial charge on any atom is 0.0522 e. The largest absolute Gasteiger partial charge is 0.311 e. The maximum atomic E-state index is 4.49. The Balaban J connectivity index is 1.63. The van der Waals surface area contributed by atoms with Crippen LogP contribution in [0.5, 0.6) is 0 Å². The summed E-state index contributed by atoms with van der Waals surface area (Å²) in [4.78, 5) is 0. The van der Waals surface area contributed by atoms with Gasteiger partial charge in [-0.25, -0.2) is 0 Å². The van der Waals surface area contributed by atoms with Crippen LogP contribution in [0, 0.1) is 17.8 Å². The van der Waals surface area contributed by atoms with Crippen LogP contribution in [0.3, 0.4) is 0 Å². The van der Waals surface area contributed by atoms with E-state index in [4.69, 9.17) is 0 Å². The lowest BCUT2D eigenvalue weighted by Gasteiger charge is -2.22. The maximum absolute atomic E-state index is 4.49. The fourth-order valence-electron chi connectivity index (χ4n) is 3.75. The van der Waals surface area contributed by atoms with Crippen molar-refractivity contribution in [3.63, 3.8) is 0 Å². The molecule has 2 aliphatic carbocycles. The monoisotopic (exact) mass is 233 g/mol. The van der Waals surface area contributed by atoms with Crippen LogP contribution in [0.25, 0.3) is 0 Å². The third-order valence-corrected chi connectivity index (χ3v) is 4.65. The van der Waals surface area contributed by atoms with E-state index in [9.17, 15) is 0 Å². The van der Waals surface area contributed by atoms with E-state index in [1.807, 2.05) is 6.20 Å². The van der Waals surface area contributed by atoms with Crippen molar-refractivity contribution in [2.45, 2.75) is 45.7 Å². The fourth-order valence-corrected chi connectivity index (χ4v) is 3.75. The number of nitrogens with zero attached hydrogens (tertiary/aromatic N) is 2. The van der Waals surface area contributed by atoms with E-state index < -0.39 is 0 Å². The highest BCUT2D eigenvalue weighted by atomic mass is 15.3. The van der Waals surface area contributed by atoms with Gasteiger partial charge in [-0.05, 0) is 49.6 Å². The lowest BCUT2D eigenvalue weighted by Crippen LogP contribution is -2.22. The van der Waals surface area contributed by atoms with E-state index in [1.165, 1.54) is 31.4 Å². The third-order valence-electron chi connectivity index (χ3n) is 4.65. The smallest absolute Gasteiger partial charge is 0.0522 e. The first kappa shape index (κ1) is 11.3. The van der Waals surface area contributed by atoms with Crippen LogP contribution in [-0.4, -0.2) is 16.3 Å². The molecule has 0 aromatic carbocycles. The van der Waals surface area contributed by atoms with E-state index in [1.54, 1.807) is 0 Å². The molecule has 1 heterocycles. The fraction of sp³-hybridized carbons (Fsp3) is 0.786. The molecule has 2 bridgehead atoms. The number of aromatic nitrogens is 2. The van der Waals surface area contributed by atoms with Crippen LogP contribution >= 0.6 is 0 Å². The molecule has 0 aliphatic heterocycles. The van der Waals surface area contributed by atoms with E-state index >= 15 is 0 Å². The summed E-state index contributed by atoms with van der Waals surface area (Å²) < 4.78 is 2.23. The SMILES string of the molecule is CCNCc1ccnn1CC1CC2CCC1C2. The van der Waals surface area contributed by atoms with Crippen molar-refractivity contribution >= 4 is 0 Å². The Hall–Kier alpha value is -0.830. The molecular formula is C14H23N3. The molecule has 3 atom stereocenters. The van der Waals surface area contributed by atoms with Gasteiger partial charge in [0.2, 0.25) is 0 Å². The highest BCUT2D eigenvalue weighted by molar-refractivity contribution is 5.01. The summed E-state index contributed by atoms with van der Waals surface area (Å²) in [7, 11) is 0. The summed E-state index contributed by atoms with van der Waals surface area (Å²) in [5, 5.41) is 7.88. The van der Waals surface area contributed by atoms with Crippen LogP contribution in [-0.2, 0) is 13.1 Å². The molecule has 0 radical (unpaired) electrons. The molecule has 0 saturated heterocycles. The van der Waals surface area contributed by atoms with Gasteiger partial charge in [-0.2, -0.15) is 5.10 Å². The normalized spacial score (nSPS) is 31.2. The molecule has 3 heteroatoms. The molecule has 2 saturated carbocycles. The quantitative estimate of drug-likeness (QED) is 0.846. The molecule has 3 rings (SSSR count). The topological polar surface area (TPSA) is 29.9 Å². The average molecular weight is 233 g/mol. The van der Waals surface area contributed by atoms with Gasteiger partial charge in [0.1, 0.15) is 0 Å². The van der Waals surface area contributed by atoms with Gasteiger partial charge in [-0.15, -0.1) is 0 Å². The van der Waals surface area contributed by atoms with Crippen LogP contribution in [0.4, 0.5) is 0 Å². The van der Waals surface area contributed by atoms with Gasteiger partial charge < -0.3 is 5.32 Å². The highest BCUT2D eigenvalue weighted by Crippen LogP contribution is 2.48. The summed E-state index contributed by atoms with van der Waals surface area (Å²) in [5.74, 6) is 2.93. The van der Waals surface area contributed by atoms with E-state index in [0.717, 1.165) is 37.4 Å². The van der Waals surface area contributed by atoms with Gasteiger partial charge in [-0.3, -0.25) is 4.68 Å². The number of nitrogens with one attached hydrogen (secondary N) is 1. The Labute approximate surface area is 104 Å². The van der Waals surface area contributed by atoms with E-state index in [-0.39, 0.29) is 0 Å². The Morgan fingerprint density at radius 2 is 2.35 bits per heavy atom. The number of hydrogen-bond acceptors (Lipinski definition) is 2. The third kappa shape index (κ3) is 2.25. The molecule has 17 heavy (non-hydrogen) atoms. The second-order valence-electron chi connectivity index (χ2n) is 5.72. The van der Waals surface area contributed by atoms with Crippen molar-refractivity contribution in [2.75, 3.05) is 6.54 Å². The second kappa shape index (κ2) is 4.81. The number of fused-ring (bicyclic) bond motifs is 2. The summed E-state index contributed by atoms with van der Waals surface area (Å²) in [5.41, 5.74) is 1.34. The average Bonchev–Trinajstić information content (AvgIpc) is 3.02. The summed E-state index contributed by atoms with van der Waals surface area (Å²) >= 11 is 0. The van der Waals surface area contributed by atoms with Crippen molar-refractivity contribution in [2.24, 2.45) is 17.8 Å². The molecule has 2 fully saturated rings. The Kier molecular flexibility index (Phi) is 3.19. The predicted molar refractivity (Wildman–Crippen MR) is 68.5 cm³/mol. The minimum atomic E-state index is 0.897. The molecule has 3 nitrogen and oxygen atoms in total. The lowest BCUT2D eigenvalue weighted by molar-refractivity contribution is 0.281. The lowest BCUT2D eigenvalue weighted by atomic mass is 9.89. The van der Waals surface area contributed by atoms with Crippen molar-refractivity contribution in [1.29, 1.82) is 0 Å². The van der Waals surface area contributed by atoms with Gasteiger partial charge in [0.15, 0.2) is 0 Å². The first-order valence-electron chi connectivity index (χ1n) is 7.08. The Bertz CT molecular complexity index is 371. The standard InChI is InChI=1S/C14H23N3/c1-2-15-9-14-5-6-16-17(14)10-13-8-11-3-4-12(13)7-11/h5-6,11-13,15H,2-4,7-10H2,1H3. The van der Waals surface area contributed by atoms with Crippen molar-refractivity contribution in [3.05, 3.63) is 18.0 Å². The molecule has 1 N–H and O–H groups in total. The molecule has 0 spiro atoms. The Morgan fingerprint density at radius 1 is 1.41 bits per heavy atom. The van der Waals surface area contributed by atoms with Gasteiger partial charge in [0.05, 0.1) is 5.69 Å².